The Morgan fingerprint density at radius 3 is 2.50 bits per heavy atom. The zero-order chi connectivity index (χ0) is 13.2. The number of nitrogen functional groups attached to an aromatic ring is 1. The summed E-state index contributed by atoms with van der Waals surface area (Å²) in [6, 6.07) is 3.35. The van der Waals surface area contributed by atoms with Crippen LogP contribution < -0.4 is 10.5 Å². The Morgan fingerprint density at radius 1 is 1.22 bits per heavy atom. The maximum Gasteiger partial charge on any atom is 0.266 e. The first-order valence-corrected chi connectivity index (χ1v) is 6.97. The van der Waals surface area contributed by atoms with Crippen LogP contribution in [-0.2, 0) is 10.0 Å². The quantitative estimate of drug-likeness (QED) is 0.869. The zero-order valence-electron chi connectivity index (χ0n) is 8.91. The molecule has 94 valence electrons. The summed E-state index contributed by atoms with van der Waals surface area (Å²) in [7, 11) is -3.78. The molecule has 0 spiro atoms. The molecule has 0 bridgehead atoms. The van der Waals surface area contributed by atoms with Crippen LogP contribution in [0, 0.1) is 0 Å². The predicted octanol–water partition coefficient (Wildman–Crippen LogP) is 1.02. The maximum absolute atomic E-state index is 12.0. The molecule has 0 unspecified atom stereocenters. The van der Waals surface area contributed by atoms with E-state index in [0.717, 1.165) is 12.4 Å². The molecular formula is C9H8BrN5O2S. The topological polar surface area (TPSA) is 111 Å². The number of halogens is 1. The third-order valence-corrected chi connectivity index (χ3v) is 3.88. The van der Waals surface area contributed by atoms with E-state index in [1.807, 2.05) is 0 Å². The number of nitrogens with one attached hydrogen (secondary N) is 1. The van der Waals surface area contributed by atoms with Crippen LogP contribution in [0.1, 0.15) is 0 Å². The van der Waals surface area contributed by atoms with E-state index in [4.69, 9.17) is 5.73 Å². The third kappa shape index (κ3) is 2.74. The highest BCUT2D eigenvalue weighted by molar-refractivity contribution is 9.10. The maximum atomic E-state index is 12.0. The molecule has 0 aliphatic rings. The second-order valence-corrected chi connectivity index (χ2v) is 5.75. The van der Waals surface area contributed by atoms with Gasteiger partial charge in [0.05, 0.1) is 16.9 Å². The van der Waals surface area contributed by atoms with Gasteiger partial charge in [0.25, 0.3) is 10.0 Å². The normalized spacial score (nSPS) is 11.2. The molecule has 3 N–H and O–H groups in total. The van der Waals surface area contributed by atoms with Crippen molar-refractivity contribution < 1.29 is 8.42 Å². The van der Waals surface area contributed by atoms with Crippen LogP contribution in [0.25, 0.3) is 0 Å². The van der Waals surface area contributed by atoms with Gasteiger partial charge < -0.3 is 5.73 Å². The Kier molecular flexibility index (Phi) is 3.43. The standard InChI is InChI=1S/C9H8BrN5O2S/c10-7-2-1-3-12-8(7)15-18(16,17)6-4-13-9(11)14-5-6/h1-5H,(H,12,15)(H2,11,13,14). The lowest BCUT2D eigenvalue weighted by molar-refractivity contribution is 0.600. The first-order valence-electron chi connectivity index (χ1n) is 4.70. The van der Waals surface area contributed by atoms with Gasteiger partial charge in [-0.3, -0.25) is 4.72 Å². The Hall–Kier alpha value is -1.74. The van der Waals surface area contributed by atoms with Crippen molar-refractivity contribution in [2.24, 2.45) is 0 Å². The average Bonchev–Trinajstić information content (AvgIpc) is 2.32. The Labute approximate surface area is 112 Å². The van der Waals surface area contributed by atoms with Crippen molar-refractivity contribution in [1.82, 2.24) is 15.0 Å². The third-order valence-electron chi connectivity index (χ3n) is 1.95. The number of anilines is 2. The fourth-order valence-corrected chi connectivity index (χ4v) is 2.52. The van der Waals surface area contributed by atoms with E-state index in [1.165, 1.54) is 6.20 Å². The van der Waals surface area contributed by atoms with Gasteiger partial charge in [-0.05, 0) is 28.1 Å². The number of pyridine rings is 1. The minimum absolute atomic E-state index is 0.00738. The summed E-state index contributed by atoms with van der Waals surface area (Å²) >= 11 is 3.19. The Morgan fingerprint density at radius 2 is 1.89 bits per heavy atom. The summed E-state index contributed by atoms with van der Waals surface area (Å²) in [6.45, 7) is 0. The number of sulfonamides is 1. The van der Waals surface area contributed by atoms with E-state index in [0.29, 0.717) is 4.47 Å². The molecule has 0 aliphatic heterocycles. The van der Waals surface area contributed by atoms with Crippen molar-refractivity contribution in [3.8, 4) is 0 Å². The SMILES string of the molecule is Nc1ncc(S(=O)(=O)Nc2ncccc2Br)cn1. The van der Waals surface area contributed by atoms with Gasteiger partial charge in [-0.1, -0.05) is 0 Å². The molecule has 2 aromatic rings. The largest absolute Gasteiger partial charge is 0.368 e. The molecule has 2 heterocycles. The van der Waals surface area contributed by atoms with Crippen molar-refractivity contribution >= 4 is 37.7 Å². The first-order chi connectivity index (χ1) is 8.49. The summed E-state index contributed by atoms with van der Waals surface area (Å²) in [6.07, 6.45) is 3.73. The average molecular weight is 330 g/mol. The van der Waals surface area contributed by atoms with Crippen molar-refractivity contribution in [2.75, 3.05) is 10.5 Å². The van der Waals surface area contributed by atoms with Gasteiger partial charge in [-0.2, -0.15) is 0 Å². The van der Waals surface area contributed by atoms with E-state index in [9.17, 15) is 8.42 Å². The van der Waals surface area contributed by atoms with Crippen LogP contribution in [-0.4, -0.2) is 23.4 Å². The fourth-order valence-electron chi connectivity index (χ4n) is 1.11. The van der Waals surface area contributed by atoms with Gasteiger partial charge in [0.15, 0.2) is 5.82 Å². The van der Waals surface area contributed by atoms with Crippen LogP contribution >= 0.6 is 15.9 Å². The van der Waals surface area contributed by atoms with Gasteiger partial charge in [0, 0.05) is 6.20 Å². The van der Waals surface area contributed by atoms with Crippen molar-refractivity contribution in [3.63, 3.8) is 0 Å². The van der Waals surface area contributed by atoms with E-state index < -0.39 is 10.0 Å². The molecule has 0 atom stereocenters. The fraction of sp³-hybridized carbons (Fsp3) is 0. The molecule has 0 aromatic carbocycles. The molecule has 2 rings (SSSR count). The van der Waals surface area contributed by atoms with Crippen LogP contribution in [0.4, 0.5) is 11.8 Å². The molecule has 0 amide bonds. The number of nitrogens with two attached hydrogens (primary N) is 1. The van der Waals surface area contributed by atoms with E-state index in [2.05, 4.69) is 35.6 Å². The van der Waals surface area contributed by atoms with Gasteiger partial charge in [-0.15, -0.1) is 0 Å². The van der Waals surface area contributed by atoms with Crippen LogP contribution in [0.15, 0.2) is 40.1 Å². The van der Waals surface area contributed by atoms with Crippen LogP contribution in [0.5, 0.6) is 0 Å². The monoisotopic (exact) mass is 329 g/mol. The van der Waals surface area contributed by atoms with E-state index in [1.54, 1.807) is 12.1 Å². The molecule has 7 nitrogen and oxygen atoms in total. The molecule has 9 heteroatoms. The summed E-state index contributed by atoms with van der Waals surface area (Å²) in [5.41, 5.74) is 5.29. The molecule has 0 saturated carbocycles. The van der Waals surface area contributed by atoms with E-state index in [-0.39, 0.29) is 16.7 Å². The number of aromatic nitrogens is 3. The second-order valence-electron chi connectivity index (χ2n) is 3.22. The second kappa shape index (κ2) is 4.86. The highest BCUT2D eigenvalue weighted by Gasteiger charge is 2.17. The van der Waals surface area contributed by atoms with Crippen LogP contribution in [0.3, 0.4) is 0 Å². The van der Waals surface area contributed by atoms with Crippen LogP contribution in [0.2, 0.25) is 0 Å². The summed E-state index contributed by atoms with van der Waals surface area (Å²) in [5.74, 6) is 0.197. The number of hydrogen-bond acceptors (Lipinski definition) is 6. The molecule has 2 aromatic heterocycles. The predicted molar refractivity (Wildman–Crippen MR) is 69.2 cm³/mol. The summed E-state index contributed by atoms with van der Waals surface area (Å²) < 4.78 is 26.8. The molecule has 0 saturated heterocycles. The summed E-state index contributed by atoms with van der Waals surface area (Å²) in [5, 5.41) is 0. The highest BCUT2D eigenvalue weighted by Crippen LogP contribution is 2.21. The smallest absolute Gasteiger partial charge is 0.266 e. The number of hydrogen-bond donors (Lipinski definition) is 2. The van der Waals surface area contributed by atoms with Crippen molar-refractivity contribution in [3.05, 3.63) is 35.2 Å². The minimum Gasteiger partial charge on any atom is -0.368 e. The lowest BCUT2D eigenvalue weighted by Crippen LogP contribution is -2.15. The number of nitrogens with zero attached hydrogens (tertiary/aromatic N) is 3. The van der Waals surface area contributed by atoms with Gasteiger partial charge in [0.2, 0.25) is 5.95 Å². The van der Waals surface area contributed by atoms with Gasteiger partial charge in [0.1, 0.15) is 4.90 Å². The lowest BCUT2D eigenvalue weighted by atomic mass is 10.5. The zero-order valence-corrected chi connectivity index (χ0v) is 11.3. The van der Waals surface area contributed by atoms with Crippen molar-refractivity contribution in [2.45, 2.75) is 4.90 Å². The minimum atomic E-state index is -3.78. The molecular weight excluding hydrogens is 322 g/mol. The first kappa shape index (κ1) is 12.7. The lowest BCUT2D eigenvalue weighted by Gasteiger charge is -2.07. The molecule has 0 radical (unpaired) electrons. The Bertz CT molecular complexity index is 659. The van der Waals surface area contributed by atoms with Gasteiger partial charge >= 0.3 is 0 Å². The van der Waals surface area contributed by atoms with Crippen molar-refractivity contribution in [1.29, 1.82) is 0 Å². The molecule has 18 heavy (non-hydrogen) atoms. The number of rotatable bonds is 3. The highest BCUT2D eigenvalue weighted by atomic mass is 79.9. The summed E-state index contributed by atoms with van der Waals surface area (Å²) in [4.78, 5) is 11.1. The Balaban J connectivity index is 2.33. The molecule has 0 aliphatic carbocycles. The molecule has 0 fully saturated rings. The van der Waals surface area contributed by atoms with E-state index >= 15 is 0 Å². The van der Waals surface area contributed by atoms with Gasteiger partial charge in [-0.25, -0.2) is 23.4 Å².